The zero-order chi connectivity index (χ0) is 21.5. The first-order valence-corrected chi connectivity index (χ1v) is 11.6. The van der Waals surface area contributed by atoms with Crippen molar-refractivity contribution in [1.29, 1.82) is 0 Å². The van der Waals surface area contributed by atoms with Gasteiger partial charge in [-0.1, -0.05) is 23.2 Å². The Morgan fingerprint density at radius 3 is 1.36 bits per heavy atom. The molecular formula is C17H16Cl2O7S2. The van der Waals surface area contributed by atoms with Crippen LogP contribution in [0.1, 0.15) is 6.92 Å². The number of rotatable bonds is 6. The fourth-order valence-corrected chi connectivity index (χ4v) is 4.43. The number of aliphatic carboxylic acids is 1. The molecule has 0 aliphatic rings. The van der Waals surface area contributed by atoms with Gasteiger partial charge in [0.05, 0.1) is 9.79 Å². The van der Waals surface area contributed by atoms with Gasteiger partial charge in [0, 0.05) is 10.0 Å². The average molecular weight is 467 g/mol. The van der Waals surface area contributed by atoms with E-state index in [4.69, 9.17) is 28.3 Å². The van der Waals surface area contributed by atoms with Crippen molar-refractivity contribution < 1.29 is 31.5 Å². The Balaban J connectivity index is 0.000000280. The van der Waals surface area contributed by atoms with E-state index < -0.39 is 37.1 Å². The van der Waals surface area contributed by atoms with Gasteiger partial charge >= 0.3 is 5.97 Å². The normalized spacial score (nSPS) is 11.2. The Morgan fingerprint density at radius 1 is 0.750 bits per heavy atom. The summed E-state index contributed by atoms with van der Waals surface area (Å²) in [7, 11) is -7.22. The lowest BCUT2D eigenvalue weighted by Crippen LogP contribution is -2.15. The van der Waals surface area contributed by atoms with Crippen LogP contribution in [-0.4, -0.2) is 45.2 Å². The molecule has 0 saturated heterocycles. The SMILES string of the molecule is CC(=O)CS(=O)(=O)c1ccc(Cl)cc1.O=C(O)CS(=O)(=O)c1ccc(Cl)cc1. The van der Waals surface area contributed by atoms with Crippen molar-refractivity contribution in [3.8, 4) is 0 Å². The minimum absolute atomic E-state index is 0.0377. The molecule has 0 aliphatic carbocycles. The molecule has 0 unspecified atom stereocenters. The van der Waals surface area contributed by atoms with Crippen LogP contribution in [0.4, 0.5) is 0 Å². The largest absolute Gasteiger partial charge is 0.480 e. The summed E-state index contributed by atoms with van der Waals surface area (Å²) in [5.74, 6) is -3.12. The van der Waals surface area contributed by atoms with Crippen molar-refractivity contribution in [3.63, 3.8) is 0 Å². The molecule has 0 saturated carbocycles. The summed E-state index contributed by atoms with van der Waals surface area (Å²) < 4.78 is 45.6. The van der Waals surface area contributed by atoms with E-state index in [-0.39, 0.29) is 15.6 Å². The van der Waals surface area contributed by atoms with Gasteiger partial charge in [0.1, 0.15) is 11.5 Å². The Morgan fingerprint density at radius 2 is 1.07 bits per heavy atom. The zero-order valence-electron chi connectivity index (χ0n) is 14.5. The highest BCUT2D eigenvalue weighted by Gasteiger charge is 2.18. The molecule has 0 radical (unpaired) electrons. The van der Waals surface area contributed by atoms with Crippen LogP contribution in [0.2, 0.25) is 10.0 Å². The number of Topliss-reactive ketones (excluding diaryl/α,β-unsaturated/α-hetero) is 1. The Labute approximate surface area is 172 Å². The predicted molar refractivity (Wildman–Crippen MR) is 105 cm³/mol. The van der Waals surface area contributed by atoms with E-state index >= 15 is 0 Å². The van der Waals surface area contributed by atoms with Crippen LogP contribution in [0.15, 0.2) is 58.3 Å². The Bertz CT molecular complexity index is 956. The third-order valence-corrected chi connectivity index (χ3v) is 6.95. The number of carboxylic acid groups (broad SMARTS) is 1. The molecule has 11 heteroatoms. The van der Waals surface area contributed by atoms with Gasteiger partial charge in [0.25, 0.3) is 0 Å². The lowest BCUT2D eigenvalue weighted by Gasteiger charge is -2.01. The van der Waals surface area contributed by atoms with Crippen LogP contribution in [-0.2, 0) is 29.3 Å². The molecule has 0 fully saturated rings. The third kappa shape index (κ3) is 7.97. The maximum atomic E-state index is 11.5. The van der Waals surface area contributed by atoms with Gasteiger partial charge in [-0.25, -0.2) is 16.8 Å². The molecule has 28 heavy (non-hydrogen) atoms. The van der Waals surface area contributed by atoms with Gasteiger partial charge in [-0.05, 0) is 55.5 Å². The van der Waals surface area contributed by atoms with Crippen LogP contribution in [0.5, 0.6) is 0 Å². The molecule has 2 rings (SSSR count). The monoisotopic (exact) mass is 466 g/mol. The molecule has 0 aromatic heterocycles. The van der Waals surface area contributed by atoms with Gasteiger partial charge in [0.15, 0.2) is 25.4 Å². The maximum absolute atomic E-state index is 11.5. The summed E-state index contributed by atoms with van der Waals surface area (Å²) in [6.45, 7) is 1.24. The minimum Gasteiger partial charge on any atom is -0.480 e. The highest BCUT2D eigenvalue weighted by Crippen LogP contribution is 2.16. The number of carbonyl (C=O) groups excluding carboxylic acids is 1. The molecule has 0 heterocycles. The smallest absolute Gasteiger partial charge is 0.319 e. The van der Waals surface area contributed by atoms with E-state index in [0.717, 1.165) is 0 Å². The van der Waals surface area contributed by atoms with Gasteiger partial charge in [-0.2, -0.15) is 0 Å². The fourth-order valence-electron chi connectivity index (χ4n) is 1.88. The topological polar surface area (TPSA) is 123 Å². The van der Waals surface area contributed by atoms with Crippen molar-refractivity contribution >= 4 is 54.6 Å². The van der Waals surface area contributed by atoms with Crippen LogP contribution in [0.25, 0.3) is 0 Å². The van der Waals surface area contributed by atoms with Crippen LogP contribution >= 0.6 is 23.2 Å². The molecule has 2 aromatic rings. The fraction of sp³-hybridized carbons (Fsp3) is 0.176. The lowest BCUT2D eigenvalue weighted by atomic mass is 10.4. The molecule has 1 N–H and O–H groups in total. The third-order valence-electron chi connectivity index (χ3n) is 3.05. The van der Waals surface area contributed by atoms with Gasteiger partial charge in [-0.3, -0.25) is 9.59 Å². The number of sulfone groups is 2. The van der Waals surface area contributed by atoms with Crippen LogP contribution in [0.3, 0.4) is 0 Å². The number of ketones is 1. The Kier molecular flexibility index (Phi) is 8.62. The standard InChI is InChI=1S/C9H9ClO3S.C8H7ClO4S/c1-7(11)6-14(12,13)9-4-2-8(10)3-5-9;9-6-1-3-7(4-2-6)14(12,13)5-8(10)11/h2-5H,6H2,1H3;1-4H,5H2,(H,10,11). The second-order valence-electron chi connectivity index (χ2n) is 5.52. The first-order valence-electron chi connectivity index (χ1n) is 7.51. The molecule has 0 amide bonds. The summed E-state index contributed by atoms with van der Waals surface area (Å²) in [6, 6.07) is 11.1. The highest BCUT2D eigenvalue weighted by atomic mass is 35.5. The number of carbonyl (C=O) groups is 2. The Hall–Kier alpha value is -1.94. The first-order chi connectivity index (χ1) is 12.8. The van der Waals surface area contributed by atoms with Crippen LogP contribution < -0.4 is 0 Å². The molecule has 7 nitrogen and oxygen atoms in total. The first kappa shape index (κ1) is 24.1. The molecule has 0 spiro atoms. The molecular weight excluding hydrogens is 451 g/mol. The van der Waals surface area contributed by atoms with E-state index in [2.05, 4.69) is 0 Å². The molecule has 152 valence electrons. The number of hydrogen-bond acceptors (Lipinski definition) is 6. The van der Waals surface area contributed by atoms with Gasteiger partial charge in [0.2, 0.25) is 0 Å². The van der Waals surface area contributed by atoms with Gasteiger partial charge < -0.3 is 5.11 Å². The molecule has 0 bridgehead atoms. The second-order valence-corrected chi connectivity index (χ2v) is 10.4. The number of carboxylic acids is 1. The zero-order valence-corrected chi connectivity index (χ0v) is 17.6. The van der Waals surface area contributed by atoms with E-state index in [1.165, 1.54) is 55.5 Å². The van der Waals surface area contributed by atoms with Crippen molar-refractivity contribution in [2.45, 2.75) is 16.7 Å². The number of benzene rings is 2. The van der Waals surface area contributed by atoms with E-state index in [0.29, 0.717) is 10.0 Å². The van der Waals surface area contributed by atoms with Crippen molar-refractivity contribution in [2.24, 2.45) is 0 Å². The summed E-state index contributed by atoms with van der Waals surface area (Å²) in [6.07, 6.45) is 0. The van der Waals surface area contributed by atoms with Crippen molar-refractivity contribution in [2.75, 3.05) is 11.5 Å². The van der Waals surface area contributed by atoms with E-state index in [1.807, 2.05) is 0 Å². The van der Waals surface area contributed by atoms with Crippen LogP contribution in [0, 0.1) is 0 Å². The maximum Gasteiger partial charge on any atom is 0.319 e. The number of hydrogen-bond donors (Lipinski definition) is 1. The highest BCUT2D eigenvalue weighted by molar-refractivity contribution is 7.92. The molecule has 0 atom stereocenters. The quantitative estimate of drug-likeness (QED) is 0.693. The van der Waals surface area contributed by atoms with Crippen molar-refractivity contribution in [3.05, 3.63) is 58.6 Å². The summed E-state index contributed by atoms with van der Waals surface area (Å²) in [4.78, 5) is 21.0. The van der Waals surface area contributed by atoms with E-state index in [9.17, 15) is 26.4 Å². The average Bonchev–Trinajstić information content (AvgIpc) is 2.54. The molecule has 0 aliphatic heterocycles. The van der Waals surface area contributed by atoms with Crippen molar-refractivity contribution in [1.82, 2.24) is 0 Å². The second kappa shape index (κ2) is 10.0. The van der Waals surface area contributed by atoms with Gasteiger partial charge in [-0.15, -0.1) is 0 Å². The van der Waals surface area contributed by atoms with E-state index in [1.54, 1.807) is 0 Å². The molecule has 2 aromatic carbocycles. The summed E-state index contributed by atoms with van der Waals surface area (Å²) >= 11 is 11.2. The lowest BCUT2D eigenvalue weighted by molar-refractivity contribution is -0.134. The summed E-state index contributed by atoms with van der Waals surface area (Å²) in [5, 5.41) is 9.23. The predicted octanol–water partition coefficient (Wildman–Crippen LogP) is 2.90. The number of halogens is 2. The minimum atomic E-state index is -3.73. The summed E-state index contributed by atoms with van der Waals surface area (Å²) in [5.41, 5.74) is 0.